The number of esters is 1. The Morgan fingerprint density at radius 1 is 1.32 bits per heavy atom. The number of aliphatic carboxylic acids is 1. The average molecular weight is 316 g/mol. The molecule has 1 N–H and O–H groups in total. The molecule has 1 saturated heterocycles. The molecule has 1 fully saturated rings. The standard InChI is InChI=1S/C9H7F3O5S2/c1-2-17-6(16)3(4(13)9(10,11)12)7-18-8(19-7)5(14)15/h8H,2H2,1H3,(H,14,15). The van der Waals surface area contributed by atoms with Gasteiger partial charge < -0.3 is 9.84 Å². The summed E-state index contributed by atoms with van der Waals surface area (Å²) in [5.74, 6) is -4.98. The quantitative estimate of drug-likeness (QED) is 0.366. The van der Waals surface area contributed by atoms with E-state index in [-0.39, 0.29) is 10.8 Å². The van der Waals surface area contributed by atoms with Crippen LogP contribution in [0.2, 0.25) is 0 Å². The van der Waals surface area contributed by atoms with Crippen LogP contribution in [-0.2, 0) is 19.1 Å². The molecule has 0 aromatic heterocycles. The van der Waals surface area contributed by atoms with Crippen LogP contribution in [0.4, 0.5) is 13.2 Å². The van der Waals surface area contributed by atoms with Gasteiger partial charge in [-0.2, -0.15) is 13.2 Å². The molecule has 0 spiro atoms. The molecule has 0 unspecified atom stereocenters. The Bertz CT molecular complexity index is 449. The molecule has 106 valence electrons. The average Bonchev–Trinajstić information content (AvgIpc) is 2.19. The third-order valence-electron chi connectivity index (χ3n) is 1.80. The van der Waals surface area contributed by atoms with E-state index in [1.165, 1.54) is 6.92 Å². The summed E-state index contributed by atoms with van der Waals surface area (Å²) < 4.78 is 40.1. The van der Waals surface area contributed by atoms with Gasteiger partial charge in [-0.25, -0.2) is 4.79 Å². The number of Topliss-reactive ketones (excluding diaryl/α,β-unsaturated/α-hetero) is 1. The van der Waals surface area contributed by atoms with Crippen LogP contribution in [0.1, 0.15) is 6.92 Å². The number of hydrogen-bond donors (Lipinski definition) is 1. The third kappa shape index (κ3) is 3.66. The van der Waals surface area contributed by atoms with Gasteiger partial charge in [-0.1, -0.05) is 23.5 Å². The molecule has 0 aromatic rings. The zero-order chi connectivity index (χ0) is 14.8. The molecule has 5 nitrogen and oxygen atoms in total. The summed E-state index contributed by atoms with van der Waals surface area (Å²) in [5, 5.41) is 8.59. The van der Waals surface area contributed by atoms with Gasteiger partial charge in [-0.15, -0.1) is 0 Å². The number of ether oxygens (including phenoxy) is 1. The Balaban J connectivity index is 3.02. The van der Waals surface area contributed by atoms with Gasteiger partial charge in [-0.05, 0) is 6.92 Å². The molecule has 0 atom stereocenters. The summed E-state index contributed by atoms with van der Waals surface area (Å²) in [6, 6.07) is 0. The lowest BCUT2D eigenvalue weighted by molar-refractivity contribution is -0.168. The number of thioether (sulfide) groups is 2. The minimum Gasteiger partial charge on any atom is -0.480 e. The molecule has 0 aliphatic carbocycles. The minimum absolute atomic E-state index is 0.196. The lowest BCUT2D eigenvalue weighted by atomic mass is 10.2. The van der Waals surface area contributed by atoms with E-state index in [4.69, 9.17) is 5.11 Å². The summed E-state index contributed by atoms with van der Waals surface area (Å²) in [4.78, 5) is 33.0. The number of rotatable bonds is 4. The van der Waals surface area contributed by atoms with E-state index in [0.717, 1.165) is 0 Å². The van der Waals surface area contributed by atoms with Crippen molar-refractivity contribution in [3.63, 3.8) is 0 Å². The van der Waals surface area contributed by atoms with E-state index in [9.17, 15) is 27.6 Å². The second-order valence-corrected chi connectivity index (χ2v) is 5.90. The number of carboxylic acid groups (broad SMARTS) is 1. The van der Waals surface area contributed by atoms with Crippen LogP contribution in [0.25, 0.3) is 0 Å². The first kappa shape index (κ1) is 15.9. The van der Waals surface area contributed by atoms with Crippen molar-refractivity contribution in [2.24, 2.45) is 0 Å². The Labute approximate surface area is 113 Å². The molecule has 10 heteroatoms. The number of halogens is 3. The van der Waals surface area contributed by atoms with Crippen LogP contribution in [0, 0.1) is 0 Å². The van der Waals surface area contributed by atoms with Crippen LogP contribution in [0.3, 0.4) is 0 Å². The van der Waals surface area contributed by atoms with Gasteiger partial charge in [0.25, 0.3) is 5.78 Å². The van der Waals surface area contributed by atoms with E-state index in [2.05, 4.69) is 4.74 Å². The van der Waals surface area contributed by atoms with Crippen molar-refractivity contribution in [3.8, 4) is 0 Å². The second-order valence-electron chi connectivity index (χ2n) is 3.12. The molecule has 19 heavy (non-hydrogen) atoms. The van der Waals surface area contributed by atoms with E-state index in [1.54, 1.807) is 0 Å². The zero-order valence-corrected chi connectivity index (χ0v) is 10.9. The predicted octanol–water partition coefficient (Wildman–Crippen LogP) is 1.78. The Morgan fingerprint density at radius 3 is 2.21 bits per heavy atom. The maximum Gasteiger partial charge on any atom is 0.455 e. The highest BCUT2D eigenvalue weighted by molar-refractivity contribution is 8.39. The van der Waals surface area contributed by atoms with Crippen molar-refractivity contribution in [1.82, 2.24) is 0 Å². The summed E-state index contributed by atoms with van der Waals surface area (Å²) in [5.41, 5.74) is -1.15. The molecular weight excluding hydrogens is 309 g/mol. The molecule has 0 radical (unpaired) electrons. The lowest BCUT2D eigenvalue weighted by Gasteiger charge is -2.25. The highest BCUT2D eigenvalue weighted by atomic mass is 32.3. The van der Waals surface area contributed by atoms with E-state index >= 15 is 0 Å². The number of carbonyl (C=O) groups is 3. The molecule has 0 bridgehead atoms. The van der Waals surface area contributed by atoms with Crippen LogP contribution < -0.4 is 0 Å². The van der Waals surface area contributed by atoms with Gasteiger partial charge in [0.2, 0.25) is 0 Å². The predicted molar refractivity (Wildman–Crippen MR) is 61.3 cm³/mol. The van der Waals surface area contributed by atoms with Gasteiger partial charge in [-0.3, -0.25) is 9.59 Å². The lowest BCUT2D eigenvalue weighted by Crippen LogP contribution is -2.32. The minimum atomic E-state index is -5.22. The third-order valence-corrected chi connectivity index (χ3v) is 4.62. The fraction of sp³-hybridized carbons (Fsp3) is 0.444. The summed E-state index contributed by atoms with van der Waals surface area (Å²) >= 11 is 1.02. The smallest absolute Gasteiger partial charge is 0.455 e. The molecule has 0 amide bonds. The van der Waals surface area contributed by atoms with Crippen molar-refractivity contribution < 1.29 is 37.4 Å². The van der Waals surface area contributed by atoms with Crippen molar-refractivity contribution >= 4 is 41.2 Å². The number of carboxylic acids is 1. The van der Waals surface area contributed by atoms with Crippen LogP contribution >= 0.6 is 23.5 Å². The second kappa shape index (κ2) is 5.87. The molecule has 1 heterocycles. The maximum absolute atomic E-state index is 12.4. The zero-order valence-electron chi connectivity index (χ0n) is 9.32. The topological polar surface area (TPSA) is 80.7 Å². The van der Waals surface area contributed by atoms with Crippen LogP contribution in [-0.4, -0.2) is 40.2 Å². The fourth-order valence-electron chi connectivity index (χ4n) is 1.04. The highest BCUT2D eigenvalue weighted by Crippen LogP contribution is 2.53. The van der Waals surface area contributed by atoms with Crippen molar-refractivity contribution in [3.05, 3.63) is 9.81 Å². The number of carbonyl (C=O) groups excluding carboxylic acids is 2. The van der Waals surface area contributed by atoms with Crippen molar-refractivity contribution in [2.75, 3.05) is 6.61 Å². The normalized spacial score (nSPS) is 18.5. The van der Waals surface area contributed by atoms with Gasteiger partial charge in [0.15, 0.2) is 4.58 Å². The molecule has 1 rings (SSSR count). The van der Waals surface area contributed by atoms with Gasteiger partial charge in [0.1, 0.15) is 5.57 Å². The molecule has 0 saturated carbocycles. The monoisotopic (exact) mass is 316 g/mol. The van der Waals surface area contributed by atoms with Gasteiger partial charge in [0.05, 0.1) is 10.8 Å². The first-order chi connectivity index (χ1) is 8.68. The number of ketones is 1. The Kier molecular flexibility index (Phi) is 4.91. The summed E-state index contributed by atoms with van der Waals surface area (Å²) in [6.45, 7) is 1.18. The van der Waals surface area contributed by atoms with Crippen LogP contribution in [0.5, 0.6) is 0 Å². The first-order valence-electron chi connectivity index (χ1n) is 4.77. The molecule has 1 aliphatic heterocycles. The summed E-state index contributed by atoms with van der Waals surface area (Å²) in [7, 11) is 0. The van der Waals surface area contributed by atoms with E-state index in [1.807, 2.05) is 0 Å². The molecule has 1 aliphatic rings. The largest absolute Gasteiger partial charge is 0.480 e. The maximum atomic E-state index is 12.4. The van der Waals surface area contributed by atoms with Crippen LogP contribution in [0.15, 0.2) is 9.81 Å². The molecular formula is C9H7F3O5S2. The van der Waals surface area contributed by atoms with Gasteiger partial charge >= 0.3 is 18.1 Å². The Morgan fingerprint density at radius 2 is 1.84 bits per heavy atom. The van der Waals surface area contributed by atoms with Crippen molar-refractivity contribution in [2.45, 2.75) is 17.7 Å². The van der Waals surface area contributed by atoms with E-state index in [0.29, 0.717) is 23.5 Å². The van der Waals surface area contributed by atoms with Gasteiger partial charge in [0, 0.05) is 0 Å². The number of alkyl halides is 3. The Hall–Kier alpha value is -1.16. The SMILES string of the molecule is CCOC(=O)C(C(=O)C(F)(F)F)=C1SC(C(=O)O)S1. The number of hydrogen-bond acceptors (Lipinski definition) is 6. The summed E-state index contributed by atoms with van der Waals surface area (Å²) in [6.07, 6.45) is -5.22. The fourth-order valence-corrected chi connectivity index (χ4v) is 3.10. The van der Waals surface area contributed by atoms with Crippen molar-refractivity contribution in [1.29, 1.82) is 0 Å². The first-order valence-corrected chi connectivity index (χ1v) is 6.53. The molecule has 0 aromatic carbocycles. The van der Waals surface area contributed by atoms with E-state index < -0.39 is 34.1 Å². The highest BCUT2D eigenvalue weighted by Gasteiger charge is 2.48.